The summed E-state index contributed by atoms with van der Waals surface area (Å²) in [5.41, 5.74) is 1.88. The Hall–Kier alpha value is -3.27. The van der Waals surface area contributed by atoms with E-state index >= 15 is 0 Å². The quantitative estimate of drug-likeness (QED) is 0.645. The molecule has 3 aromatic carbocycles. The molecule has 0 aromatic heterocycles. The van der Waals surface area contributed by atoms with Gasteiger partial charge in [0.15, 0.2) is 0 Å². The summed E-state index contributed by atoms with van der Waals surface area (Å²) in [6.45, 7) is 1.98. The number of carbonyl (C=O) groups is 1. The van der Waals surface area contributed by atoms with Crippen molar-refractivity contribution in [3.63, 3.8) is 0 Å². The molecule has 0 spiro atoms. The molecule has 0 aliphatic rings. The molecule has 0 radical (unpaired) electrons. The molecule has 3 aromatic rings. The molecule has 0 heterocycles. The maximum absolute atomic E-state index is 12.3. The predicted molar refractivity (Wildman–Crippen MR) is 109 cm³/mol. The van der Waals surface area contributed by atoms with E-state index in [2.05, 4.69) is 29.6 Å². The zero-order valence-electron chi connectivity index (χ0n) is 15.7. The Bertz CT molecular complexity index is 978. The monoisotopic (exact) mass is 361 g/mol. The zero-order valence-corrected chi connectivity index (χ0v) is 15.7. The van der Waals surface area contributed by atoms with Gasteiger partial charge in [0.2, 0.25) is 5.91 Å². The van der Waals surface area contributed by atoms with Crippen LogP contribution in [0.4, 0.5) is 0 Å². The third-order valence-electron chi connectivity index (χ3n) is 4.49. The van der Waals surface area contributed by atoms with E-state index < -0.39 is 0 Å². The van der Waals surface area contributed by atoms with Crippen molar-refractivity contribution < 1.29 is 14.3 Å². The van der Waals surface area contributed by atoms with E-state index in [-0.39, 0.29) is 11.9 Å². The number of rotatable bonds is 6. The van der Waals surface area contributed by atoms with Crippen LogP contribution in [0.15, 0.2) is 66.7 Å². The van der Waals surface area contributed by atoms with Gasteiger partial charge in [-0.05, 0) is 47.5 Å². The second kappa shape index (κ2) is 8.41. The van der Waals surface area contributed by atoms with E-state index in [1.54, 1.807) is 26.4 Å². The number of nitrogens with one attached hydrogen (secondary N) is 1. The van der Waals surface area contributed by atoms with Gasteiger partial charge in [-0.2, -0.15) is 0 Å². The van der Waals surface area contributed by atoms with Gasteiger partial charge in [-0.25, -0.2) is 0 Å². The topological polar surface area (TPSA) is 47.6 Å². The Morgan fingerprint density at radius 3 is 2.48 bits per heavy atom. The Labute approximate surface area is 159 Å². The SMILES string of the molecule is COc1ccc(C=CC(=O)NC(C)c2ccc3ccccc3c2)c(OC)c1. The highest BCUT2D eigenvalue weighted by molar-refractivity contribution is 5.92. The molecular weight excluding hydrogens is 338 g/mol. The first-order valence-corrected chi connectivity index (χ1v) is 8.80. The molecule has 0 saturated heterocycles. The number of carbonyl (C=O) groups excluding carboxylic acids is 1. The first kappa shape index (κ1) is 18.5. The molecule has 0 aliphatic carbocycles. The standard InChI is InChI=1S/C23H23NO3/c1-16(19-9-8-17-6-4-5-7-20(17)14-19)24-23(25)13-11-18-10-12-21(26-2)15-22(18)27-3/h4-16H,1-3H3,(H,24,25). The molecule has 0 fully saturated rings. The van der Waals surface area contributed by atoms with Crippen LogP contribution < -0.4 is 14.8 Å². The van der Waals surface area contributed by atoms with Crippen LogP contribution in [0.3, 0.4) is 0 Å². The summed E-state index contributed by atoms with van der Waals surface area (Å²) < 4.78 is 10.5. The minimum atomic E-state index is -0.159. The molecule has 0 saturated carbocycles. The van der Waals surface area contributed by atoms with Gasteiger partial charge in [0.25, 0.3) is 0 Å². The molecular formula is C23H23NO3. The van der Waals surface area contributed by atoms with Crippen LogP contribution >= 0.6 is 0 Å². The molecule has 0 aliphatic heterocycles. The fourth-order valence-electron chi connectivity index (χ4n) is 2.94. The number of hydrogen-bond acceptors (Lipinski definition) is 3. The average Bonchev–Trinajstić information content (AvgIpc) is 2.71. The van der Waals surface area contributed by atoms with E-state index in [0.29, 0.717) is 11.5 Å². The minimum absolute atomic E-state index is 0.0930. The van der Waals surface area contributed by atoms with Gasteiger partial charge in [0, 0.05) is 17.7 Å². The number of hydrogen-bond donors (Lipinski definition) is 1. The van der Waals surface area contributed by atoms with E-state index in [1.165, 1.54) is 11.5 Å². The zero-order chi connectivity index (χ0) is 19.2. The molecule has 138 valence electrons. The predicted octanol–water partition coefficient (Wildman–Crippen LogP) is 4.75. The van der Waals surface area contributed by atoms with E-state index in [1.807, 2.05) is 37.3 Å². The van der Waals surface area contributed by atoms with Crippen LogP contribution in [0, 0.1) is 0 Å². The largest absolute Gasteiger partial charge is 0.497 e. The van der Waals surface area contributed by atoms with Crippen molar-refractivity contribution >= 4 is 22.8 Å². The second-order valence-electron chi connectivity index (χ2n) is 6.28. The van der Waals surface area contributed by atoms with E-state index in [4.69, 9.17) is 9.47 Å². The number of benzene rings is 3. The first-order valence-electron chi connectivity index (χ1n) is 8.80. The van der Waals surface area contributed by atoms with Crippen molar-refractivity contribution in [2.75, 3.05) is 14.2 Å². The average molecular weight is 361 g/mol. The van der Waals surface area contributed by atoms with Gasteiger partial charge in [0.1, 0.15) is 11.5 Å². The second-order valence-corrected chi connectivity index (χ2v) is 6.28. The Morgan fingerprint density at radius 1 is 0.963 bits per heavy atom. The van der Waals surface area contributed by atoms with Crippen molar-refractivity contribution in [3.8, 4) is 11.5 Å². The molecule has 1 unspecified atom stereocenters. The molecule has 4 nitrogen and oxygen atoms in total. The molecule has 27 heavy (non-hydrogen) atoms. The molecule has 1 atom stereocenters. The van der Waals surface area contributed by atoms with E-state index in [9.17, 15) is 4.79 Å². The van der Waals surface area contributed by atoms with Crippen molar-refractivity contribution in [1.29, 1.82) is 0 Å². The summed E-state index contributed by atoms with van der Waals surface area (Å²) in [6, 6.07) is 19.8. The molecule has 1 amide bonds. The van der Waals surface area contributed by atoms with Crippen LogP contribution in [0.5, 0.6) is 11.5 Å². The summed E-state index contributed by atoms with van der Waals surface area (Å²) >= 11 is 0. The van der Waals surface area contributed by atoms with Crippen LogP contribution in [-0.2, 0) is 4.79 Å². The third kappa shape index (κ3) is 4.47. The van der Waals surface area contributed by atoms with Crippen LogP contribution in [-0.4, -0.2) is 20.1 Å². The summed E-state index contributed by atoms with van der Waals surface area (Å²) in [5.74, 6) is 1.20. The molecule has 3 rings (SSSR count). The fraction of sp³-hybridized carbons (Fsp3) is 0.174. The van der Waals surface area contributed by atoms with Crippen LogP contribution in [0.25, 0.3) is 16.8 Å². The van der Waals surface area contributed by atoms with E-state index in [0.717, 1.165) is 16.5 Å². The van der Waals surface area contributed by atoms with Gasteiger partial charge in [-0.3, -0.25) is 4.79 Å². The number of amides is 1. The smallest absolute Gasteiger partial charge is 0.244 e. The minimum Gasteiger partial charge on any atom is -0.497 e. The van der Waals surface area contributed by atoms with Gasteiger partial charge in [-0.1, -0.05) is 36.4 Å². The number of ether oxygens (including phenoxy) is 2. The lowest BCUT2D eigenvalue weighted by atomic mass is 10.0. The number of fused-ring (bicyclic) bond motifs is 1. The normalized spacial score (nSPS) is 12.1. The fourth-order valence-corrected chi connectivity index (χ4v) is 2.94. The molecule has 0 bridgehead atoms. The van der Waals surface area contributed by atoms with Crippen LogP contribution in [0.1, 0.15) is 24.1 Å². The Kier molecular flexibility index (Phi) is 5.77. The van der Waals surface area contributed by atoms with Gasteiger partial charge >= 0.3 is 0 Å². The van der Waals surface area contributed by atoms with Crippen molar-refractivity contribution in [3.05, 3.63) is 77.9 Å². The highest BCUT2D eigenvalue weighted by atomic mass is 16.5. The Morgan fingerprint density at radius 2 is 1.74 bits per heavy atom. The first-order chi connectivity index (χ1) is 13.1. The maximum Gasteiger partial charge on any atom is 0.244 e. The lowest BCUT2D eigenvalue weighted by Crippen LogP contribution is -2.24. The van der Waals surface area contributed by atoms with Crippen molar-refractivity contribution in [2.24, 2.45) is 0 Å². The van der Waals surface area contributed by atoms with Gasteiger partial charge in [0.05, 0.1) is 20.3 Å². The maximum atomic E-state index is 12.3. The van der Waals surface area contributed by atoms with Crippen LogP contribution in [0.2, 0.25) is 0 Å². The summed E-state index contributed by atoms with van der Waals surface area (Å²) in [4.78, 5) is 12.3. The van der Waals surface area contributed by atoms with Crippen molar-refractivity contribution in [2.45, 2.75) is 13.0 Å². The summed E-state index contributed by atoms with van der Waals surface area (Å²) in [7, 11) is 3.19. The highest BCUT2D eigenvalue weighted by Gasteiger charge is 2.09. The number of methoxy groups -OCH3 is 2. The lowest BCUT2D eigenvalue weighted by molar-refractivity contribution is -0.117. The van der Waals surface area contributed by atoms with Crippen molar-refractivity contribution in [1.82, 2.24) is 5.32 Å². The van der Waals surface area contributed by atoms with Gasteiger partial charge in [-0.15, -0.1) is 0 Å². The third-order valence-corrected chi connectivity index (χ3v) is 4.49. The summed E-state index contributed by atoms with van der Waals surface area (Å²) in [6.07, 6.45) is 3.25. The molecule has 4 heteroatoms. The summed E-state index contributed by atoms with van der Waals surface area (Å²) in [5, 5.41) is 5.35. The lowest BCUT2D eigenvalue weighted by Gasteiger charge is -2.14. The van der Waals surface area contributed by atoms with Gasteiger partial charge < -0.3 is 14.8 Å². The Balaban J connectivity index is 1.70. The highest BCUT2D eigenvalue weighted by Crippen LogP contribution is 2.25. The molecule has 1 N–H and O–H groups in total.